The molecule has 1 saturated carbocycles. The van der Waals surface area contributed by atoms with Crippen molar-refractivity contribution in [3.8, 4) is 11.9 Å². The molecule has 1 heterocycles. The van der Waals surface area contributed by atoms with Crippen molar-refractivity contribution in [3.05, 3.63) is 12.3 Å². The molecule has 2 N–H and O–H groups in total. The Hall–Kier alpha value is -1.36. The summed E-state index contributed by atoms with van der Waals surface area (Å²) in [5, 5.41) is 0. The van der Waals surface area contributed by atoms with E-state index in [0.717, 1.165) is 25.7 Å². The molecule has 1 aromatic rings. The van der Waals surface area contributed by atoms with Crippen LogP contribution in [-0.2, 0) is 0 Å². The Morgan fingerprint density at radius 1 is 1.31 bits per heavy atom. The molecular formula is C11H17N3O2. The van der Waals surface area contributed by atoms with Gasteiger partial charge in [-0.2, -0.15) is 4.98 Å². The van der Waals surface area contributed by atoms with Gasteiger partial charge in [-0.25, -0.2) is 4.98 Å². The van der Waals surface area contributed by atoms with E-state index in [1.807, 2.05) is 0 Å². The number of hydrogen-bond donors (Lipinski definition) is 1. The van der Waals surface area contributed by atoms with Crippen molar-refractivity contribution in [1.29, 1.82) is 0 Å². The number of aromatic nitrogens is 2. The SMILES string of the molecule is COc1ccnc(OC2CCC(N)CC2)n1. The first-order valence-corrected chi connectivity index (χ1v) is 5.57. The van der Waals surface area contributed by atoms with Crippen LogP contribution in [0.1, 0.15) is 25.7 Å². The molecule has 0 aliphatic heterocycles. The van der Waals surface area contributed by atoms with Crippen molar-refractivity contribution in [1.82, 2.24) is 9.97 Å². The zero-order valence-electron chi connectivity index (χ0n) is 9.43. The Morgan fingerprint density at radius 3 is 2.75 bits per heavy atom. The molecule has 88 valence electrons. The molecule has 1 aliphatic rings. The molecule has 0 spiro atoms. The molecule has 0 unspecified atom stereocenters. The fourth-order valence-electron chi connectivity index (χ4n) is 1.85. The van der Waals surface area contributed by atoms with Crippen LogP contribution >= 0.6 is 0 Å². The lowest BCUT2D eigenvalue weighted by molar-refractivity contribution is 0.133. The van der Waals surface area contributed by atoms with E-state index in [9.17, 15) is 0 Å². The van der Waals surface area contributed by atoms with E-state index in [1.165, 1.54) is 0 Å². The molecule has 0 atom stereocenters. The summed E-state index contributed by atoms with van der Waals surface area (Å²) in [7, 11) is 1.58. The van der Waals surface area contributed by atoms with E-state index in [0.29, 0.717) is 17.9 Å². The summed E-state index contributed by atoms with van der Waals surface area (Å²) in [4.78, 5) is 8.17. The Balaban J connectivity index is 1.93. The van der Waals surface area contributed by atoms with E-state index in [4.69, 9.17) is 15.2 Å². The molecule has 0 aromatic carbocycles. The van der Waals surface area contributed by atoms with Gasteiger partial charge < -0.3 is 15.2 Å². The second-order valence-electron chi connectivity index (χ2n) is 4.04. The fourth-order valence-corrected chi connectivity index (χ4v) is 1.85. The summed E-state index contributed by atoms with van der Waals surface area (Å²) >= 11 is 0. The molecule has 16 heavy (non-hydrogen) atoms. The first-order valence-electron chi connectivity index (χ1n) is 5.57. The Morgan fingerprint density at radius 2 is 2.06 bits per heavy atom. The minimum absolute atomic E-state index is 0.187. The Bertz CT molecular complexity index is 338. The quantitative estimate of drug-likeness (QED) is 0.831. The highest BCUT2D eigenvalue weighted by atomic mass is 16.5. The van der Waals surface area contributed by atoms with Crippen LogP contribution in [0, 0.1) is 0 Å². The van der Waals surface area contributed by atoms with Crippen LogP contribution in [0.25, 0.3) is 0 Å². The van der Waals surface area contributed by atoms with Crippen LogP contribution in [0.3, 0.4) is 0 Å². The zero-order chi connectivity index (χ0) is 11.4. The summed E-state index contributed by atoms with van der Waals surface area (Å²) < 4.78 is 10.7. The molecule has 5 nitrogen and oxygen atoms in total. The minimum atomic E-state index is 0.187. The number of nitrogens with zero attached hydrogens (tertiary/aromatic N) is 2. The van der Waals surface area contributed by atoms with Crippen molar-refractivity contribution >= 4 is 0 Å². The van der Waals surface area contributed by atoms with Gasteiger partial charge in [0.2, 0.25) is 5.88 Å². The van der Waals surface area contributed by atoms with Crippen molar-refractivity contribution in [2.24, 2.45) is 5.73 Å². The fraction of sp³-hybridized carbons (Fsp3) is 0.636. The van der Waals surface area contributed by atoms with Crippen molar-refractivity contribution in [3.63, 3.8) is 0 Å². The third-order valence-corrected chi connectivity index (χ3v) is 2.81. The highest BCUT2D eigenvalue weighted by Crippen LogP contribution is 2.21. The molecule has 1 aliphatic carbocycles. The predicted molar refractivity (Wildman–Crippen MR) is 59.4 cm³/mol. The van der Waals surface area contributed by atoms with Gasteiger partial charge in [-0.3, -0.25) is 0 Å². The molecule has 0 bridgehead atoms. The maximum absolute atomic E-state index is 5.83. The maximum atomic E-state index is 5.83. The minimum Gasteiger partial charge on any atom is -0.481 e. The zero-order valence-corrected chi connectivity index (χ0v) is 9.43. The summed E-state index contributed by atoms with van der Waals surface area (Å²) in [5.41, 5.74) is 5.83. The van der Waals surface area contributed by atoms with Gasteiger partial charge in [-0.15, -0.1) is 0 Å². The van der Waals surface area contributed by atoms with Gasteiger partial charge in [0.15, 0.2) is 0 Å². The Labute approximate surface area is 95.0 Å². The first-order chi connectivity index (χ1) is 7.78. The third kappa shape index (κ3) is 2.82. The molecule has 0 saturated heterocycles. The molecule has 5 heteroatoms. The van der Waals surface area contributed by atoms with Crippen LogP contribution in [-0.4, -0.2) is 29.2 Å². The predicted octanol–water partition coefficient (Wildman–Crippen LogP) is 1.13. The van der Waals surface area contributed by atoms with Gasteiger partial charge in [-0.05, 0) is 25.7 Å². The van der Waals surface area contributed by atoms with Crippen LogP contribution in [0.2, 0.25) is 0 Å². The first kappa shape index (κ1) is 11.1. The van der Waals surface area contributed by atoms with E-state index < -0.39 is 0 Å². The molecule has 2 rings (SSSR count). The van der Waals surface area contributed by atoms with Gasteiger partial charge >= 0.3 is 6.01 Å². The number of nitrogens with two attached hydrogens (primary N) is 1. The number of methoxy groups -OCH3 is 1. The average Bonchev–Trinajstić information content (AvgIpc) is 2.32. The van der Waals surface area contributed by atoms with E-state index in [1.54, 1.807) is 19.4 Å². The van der Waals surface area contributed by atoms with Gasteiger partial charge in [0, 0.05) is 18.3 Å². The smallest absolute Gasteiger partial charge is 0.319 e. The van der Waals surface area contributed by atoms with E-state index >= 15 is 0 Å². The number of hydrogen-bond acceptors (Lipinski definition) is 5. The van der Waals surface area contributed by atoms with Crippen molar-refractivity contribution in [2.45, 2.75) is 37.8 Å². The topological polar surface area (TPSA) is 70.3 Å². The highest BCUT2D eigenvalue weighted by Gasteiger charge is 2.20. The molecule has 1 fully saturated rings. The second-order valence-corrected chi connectivity index (χ2v) is 4.04. The standard InChI is InChI=1S/C11H17N3O2/c1-15-10-6-7-13-11(14-10)16-9-4-2-8(12)3-5-9/h6-9H,2-5,12H2,1H3. The van der Waals surface area contributed by atoms with Gasteiger partial charge in [0.05, 0.1) is 7.11 Å². The molecular weight excluding hydrogens is 206 g/mol. The van der Waals surface area contributed by atoms with Gasteiger partial charge in [-0.1, -0.05) is 0 Å². The monoisotopic (exact) mass is 223 g/mol. The van der Waals surface area contributed by atoms with Crippen LogP contribution in [0.5, 0.6) is 11.9 Å². The number of ether oxygens (including phenoxy) is 2. The normalized spacial score (nSPS) is 25.1. The average molecular weight is 223 g/mol. The lowest BCUT2D eigenvalue weighted by Gasteiger charge is -2.25. The molecule has 1 aromatic heterocycles. The largest absolute Gasteiger partial charge is 0.481 e. The van der Waals surface area contributed by atoms with Crippen LogP contribution < -0.4 is 15.2 Å². The summed E-state index contributed by atoms with van der Waals surface area (Å²) in [6.07, 6.45) is 5.79. The van der Waals surface area contributed by atoms with Gasteiger partial charge in [0.25, 0.3) is 0 Å². The second kappa shape index (κ2) is 5.12. The highest BCUT2D eigenvalue weighted by molar-refractivity contribution is 5.11. The van der Waals surface area contributed by atoms with Crippen LogP contribution in [0.15, 0.2) is 12.3 Å². The third-order valence-electron chi connectivity index (χ3n) is 2.81. The summed E-state index contributed by atoms with van der Waals surface area (Å²) in [6, 6.07) is 2.41. The summed E-state index contributed by atoms with van der Waals surface area (Å²) in [5.74, 6) is 0.525. The van der Waals surface area contributed by atoms with E-state index in [2.05, 4.69) is 9.97 Å². The molecule has 0 radical (unpaired) electrons. The van der Waals surface area contributed by atoms with Crippen molar-refractivity contribution in [2.75, 3.05) is 7.11 Å². The van der Waals surface area contributed by atoms with Crippen molar-refractivity contribution < 1.29 is 9.47 Å². The lowest BCUT2D eigenvalue weighted by Crippen LogP contribution is -2.32. The van der Waals surface area contributed by atoms with Gasteiger partial charge in [0.1, 0.15) is 6.10 Å². The maximum Gasteiger partial charge on any atom is 0.319 e. The lowest BCUT2D eigenvalue weighted by atomic mass is 9.94. The summed E-state index contributed by atoms with van der Waals surface area (Å²) in [6.45, 7) is 0. The Kier molecular flexibility index (Phi) is 3.56. The number of rotatable bonds is 3. The van der Waals surface area contributed by atoms with E-state index in [-0.39, 0.29) is 6.10 Å². The van der Waals surface area contributed by atoms with Crippen LogP contribution in [0.4, 0.5) is 0 Å². The molecule has 0 amide bonds.